The zero-order chi connectivity index (χ0) is 14.8. The minimum atomic E-state index is -0.561. The number of likely N-dealkylation sites (tertiary alicyclic amines) is 1. The van der Waals surface area contributed by atoms with Crippen molar-refractivity contribution in [2.24, 2.45) is 5.73 Å². The highest BCUT2D eigenvalue weighted by Crippen LogP contribution is 2.19. The minimum Gasteiger partial charge on any atom is -0.391 e. The number of nitrogens with zero attached hydrogens (tertiary/aromatic N) is 1. The van der Waals surface area contributed by atoms with Crippen molar-refractivity contribution in [3.05, 3.63) is 36.0 Å². The molecule has 21 heavy (non-hydrogen) atoms. The highest BCUT2D eigenvalue weighted by molar-refractivity contribution is 5.86. The van der Waals surface area contributed by atoms with Gasteiger partial charge in [-0.1, -0.05) is 18.2 Å². The SMILES string of the molecule is NC(Cc1c[nH]c2ccccc12)C(=O)N1CCCC(O)C1. The van der Waals surface area contributed by atoms with Crippen LogP contribution >= 0.6 is 0 Å². The molecule has 2 atom stereocenters. The summed E-state index contributed by atoms with van der Waals surface area (Å²) < 4.78 is 0. The van der Waals surface area contributed by atoms with E-state index in [1.165, 1.54) is 0 Å². The molecule has 0 bridgehead atoms. The Morgan fingerprint density at radius 1 is 1.48 bits per heavy atom. The maximum Gasteiger partial charge on any atom is 0.239 e. The molecule has 1 aliphatic rings. The summed E-state index contributed by atoms with van der Waals surface area (Å²) in [5.41, 5.74) is 8.20. The van der Waals surface area contributed by atoms with Crippen LogP contribution in [0.2, 0.25) is 0 Å². The standard InChI is InChI=1S/C16H21N3O2/c17-14(16(21)19-7-3-4-12(20)10-19)8-11-9-18-15-6-2-1-5-13(11)15/h1-2,5-6,9,12,14,18,20H,3-4,7-8,10,17H2. The van der Waals surface area contributed by atoms with E-state index in [0.29, 0.717) is 19.5 Å². The summed E-state index contributed by atoms with van der Waals surface area (Å²) in [6, 6.07) is 7.43. The summed E-state index contributed by atoms with van der Waals surface area (Å²) >= 11 is 0. The van der Waals surface area contributed by atoms with Gasteiger partial charge in [-0.25, -0.2) is 0 Å². The van der Waals surface area contributed by atoms with E-state index in [1.54, 1.807) is 4.90 Å². The van der Waals surface area contributed by atoms with Crippen molar-refractivity contribution in [3.8, 4) is 0 Å². The monoisotopic (exact) mass is 287 g/mol. The first kappa shape index (κ1) is 14.1. The summed E-state index contributed by atoms with van der Waals surface area (Å²) in [6.45, 7) is 1.10. The average Bonchev–Trinajstić information content (AvgIpc) is 2.90. The summed E-state index contributed by atoms with van der Waals surface area (Å²) in [4.78, 5) is 17.3. The van der Waals surface area contributed by atoms with Crippen molar-refractivity contribution >= 4 is 16.8 Å². The van der Waals surface area contributed by atoms with E-state index < -0.39 is 12.1 Å². The summed E-state index contributed by atoms with van der Waals surface area (Å²) in [7, 11) is 0. The van der Waals surface area contributed by atoms with Crippen LogP contribution in [0.15, 0.2) is 30.5 Å². The number of hydrogen-bond donors (Lipinski definition) is 3. The molecule has 2 heterocycles. The summed E-state index contributed by atoms with van der Waals surface area (Å²) in [5, 5.41) is 10.8. The number of nitrogens with one attached hydrogen (secondary N) is 1. The predicted molar refractivity (Wildman–Crippen MR) is 81.8 cm³/mol. The second-order valence-corrected chi connectivity index (χ2v) is 5.75. The van der Waals surface area contributed by atoms with Gasteiger partial charge in [0.1, 0.15) is 0 Å². The van der Waals surface area contributed by atoms with Crippen LogP contribution in [-0.4, -0.2) is 46.1 Å². The molecule has 1 amide bonds. The van der Waals surface area contributed by atoms with Crippen LogP contribution in [0.1, 0.15) is 18.4 Å². The second kappa shape index (κ2) is 5.87. The zero-order valence-electron chi connectivity index (χ0n) is 12.0. The van der Waals surface area contributed by atoms with Gasteiger partial charge in [-0.15, -0.1) is 0 Å². The van der Waals surface area contributed by atoms with E-state index >= 15 is 0 Å². The fraction of sp³-hybridized carbons (Fsp3) is 0.438. The van der Waals surface area contributed by atoms with Crippen molar-refractivity contribution in [1.82, 2.24) is 9.88 Å². The lowest BCUT2D eigenvalue weighted by Crippen LogP contribution is -2.50. The van der Waals surface area contributed by atoms with E-state index in [0.717, 1.165) is 29.3 Å². The average molecular weight is 287 g/mol. The number of rotatable bonds is 3. The third-order valence-electron chi connectivity index (χ3n) is 4.14. The molecule has 3 rings (SSSR count). The van der Waals surface area contributed by atoms with Crippen LogP contribution in [0.5, 0.6) is 0 Å². The number of para-hydroxylation sites is 1. The number of aliphatic hydroxyl groups is 1. The van der Waals surface area contributed by atoms with E-state index in [2.05, 4.69) is 4.98 Å². The number of carbonyl (C=O) groups is 1. The highest BCUT2D eigenvalue weighted by Gasteiger charge is 2.26. The number of fused-ring (bicyclic) bond motifs is 1. The number of carbonyl (C=O) groups excluding carboxylic acids is 1. The molecule has 4 N–H and O–H groups in total. The quantitative estimate of drug-likeness (QED) is 0.788. The second-order valence-electron chi connectivity index (χ2n) is 5.75. The van der Waals surface area contributed by atoms with Gasteiger partial charge in [0.25, 0.3) is 0 Å². The summed E-state index contributed by atoms with van der Waals surface area (Å²) in [5.74, 6) is -0.0703. The molecule has 112 valence electrons. The highest BCUT2D eigenvalue weighted by atomic mass is 16.3. The van der Waals surface area contributed by atoms with Gasteiger partial charge >= 0.3 is 0 Å². The first-order chi connectivity index (χ1) is 10.1. The molecule has 1 aromatic heterocycles. The van der Waals surface area contributed by atoms with Crippen molar-refractivity contribution in [1.29, 1.82) is 0 Å². The van der Waals surface area contributed by atoms with E-state index in [4.69, 9.17) is 5.73 Å². The fourth-order valence-corrected chi connectivity index (χ4v) is 3.01. The summed E-state index contributed by atoms with van der Waals surface area (Å²) in [6.07, 6.45) is 3.62. The smallest absolute Gasteiger partial charge is 0.239 e. The van der Waals surface area contributed by atoms with Crippen molar-refractivity contribution in [2.45, 2.75) is 31.4 Å². The number of piperidine rings is 1. The fourth-order valence-electron chi connectivity index (χ4n) is 3.01. The molecule has 0 saturated carbocycles. The van der Waals surface area contributed by atoms with Gasteiger partial charge in [-0.05, 0) is 30.9 Å². The number of nitrogens with two attached hydrogens (primary N) is 1. The third kappa shape index (κ3) is 2.94. The Morgan fingerprint density at radius 3 is 3.10 bits per heavy atom. The molecular weight excluding hydrogens is 266 g/mol. The first-order valence-electron chi connectivity index (χ1n) is 7.42. The maximum absolute atomic E-state index is 12.4. The number of hydrogen-bond acceptors (Lipinski definition) is 3. The maximum atomic E-state index is 12.4. The number of amides is 1. The third-order valence-corrected chi connectivity index (χ3v) is 4.14. The van der Waals surface area contributed by atoms with Crippen LogP contribution in [0.3, 0.4) is 0 Å². The molecule has 0 radical (unpaired) electrons. The number of aromatic nitrogens is 1. The van der Waals surface area contributed by atoms with Gasteiger partial charge in [0.2, 0.25) is 5.91 Å². The number of aliphatic hydroxyl groups excluding tert-OH is 1. The van der Waals surface area contributed by atoms with Gasteiger partial charge in [0.15, 0.2) is 0 Å². The molecule has 1 aliphatic heterocycles. The van der Waals surface area contributed by atoms with Crippen LogP contribution in [0, 0.1) is 0 Å². The largest absolute Gasteiger partial charge is 0.391 e. The Morgan fingerprint density at radius 2 is 2.29 bits per heavy atom. The van der Waals surface area contributed by atoms with E-state index in [1.807, 2.05) is 30.5 Å². The van der Waals surface area contributed by atoms with Gasteiger partial charge < -0.3 is 20.7 Å². The van der Waals surface area contributed by atoms with Crippen molar-refractivity contribution < 1.29 is 9.90 Å². The molecule has 0 aliphatic carbocycles. The van der Waals surface area contributed by atoms with E-state index in [9.17, 15) is 9.90 Å². The number of aromatic amines is 1. The lowest BCUT2D eigenvalue weighted by atomic mass is 10.0. The normalized spacial score (nSPS) is 20.7. The minimum absolute atomic E-state index is 0.0703. The van der Waals surface area contributed by atoms with Crippen molar-refractivity contribution in [2.75, 3.05) is 13.1 Å². The molecular formula is C16H21N3O2. The van der Waals surface area contributed by atoms with Crippen LogP contribution < -0.4 is 5.73 Å². The van der Waals surface area contributed by atoms with Gasteiger partial charge in [-0.3, -0.25) is 4.79 Å². The molecule has 2 unspecified atom stereocenters. The lowest BCUT2D eigenvalue weighted by Gasteiger charge is -2.32. The van der Waals surface area contributed by atoms with Gasteiger partial charge in [0, 0.05) is 30.2 Å². The van der Waals surface area contributed by atoms with E-state index in [-0.39, 0.29) is 5.91 Å². The first-order valence-corrected chi connectivity index (χ1v) is 7.42. The molecule has 1 saturated heterocycles. The Hall–Kier alpha value is -1.85. The predicted octanol–water partition coefficient (Wildman–Crippen LogP) is 1.02. The van der Waals surface area contributed by atoms with Crippen molar-refractivity contribution in [3.63, 3.8) is 0 Å². The van der Waals surface area contributed by atoms with Crippen LogP contribution in [0.4, 0.5) is 0 Å². The molecule has 1 aromatic carbocycles. The van der Waals surface area contributed by atoms with Gasteiger partial charge in [0.05, 0.1) is 12.1 Å². The molecule has 2 aromatic rings. The molecule has 5 heteroatoms. The Balaban J connectivity index is 1.70. The Labute approximate surface area is 123 Å². The molecule has 5 nitrogen and oxygen atoms in total. The topological polar surface area (TPSA) is 82.4 Å². The zero-order valence-corrected chi connectivity index (χ0v) is 12.0. The molecule has 1 fully saturated rings. The number of benzene rings is 1. The Bertz CT molecular complexity index is 637. The lowest BCUT2D eigenvalue weighted by molar-refractivity contribution is -0.135. The van der Waals surface area contributed by atoms with Gasteiger partial charge in [-0.2, -0.15) is 0 Å². The van der Waals surface area contributed by atoms with Crippen LogP contribution in [0.25, 0.3) is 10.9 Å². The number of β-amino-alcohol motifs (C(OH)–C–C–N with tert-alkyl or cyclic N) is 1. The Kier molecular flexibility index (Phi) is 3.94. The molecule has 0 spiro atoms. The number of H-pyrrole nitrogens is 1. The van der Waals surface area contributed by atoms with Crippen LogP contribution in [-0.2, 0) is 11.2 Å².